The highest BCUT2D eigenvalue weighted by Gasteiger charge is 2.33. The van der Waals surface area contributed by atoms with Crippen LogP contribution < -0.4 is 15.4 Å². The average Bonchev–Trinajstić information content (AvgIpc) is 2.70. The first-order chi connectivity index (χ1) is 14.5. The first kappa shape index (κ1) is 24.3. The van der Waals surface area contributed by atoms with Crippen LogP contribution in [0.5, 0.6) is 0 Å². The molecule has 8 nitrogen and oxygen atoms in total. The lowest BCUT2D eigenvalue weighted by atomic mass is 10.2. The van der Waals surface area contributed by atoms with E-state index in [-0.39, 0.29) is 42.6 Å². The van der Waals surface area contributed by atoms with E-state index in [1.807, 2.05) is 0 Å². The number of Topliss-reactive ketones (excluding diaryl/α,β-unsaturated/α-hetero) is 1. The molecule has 1 aromatic carbocycles. The maximum Gasteiger partial charge on any atom is 0.419 e. The van der Waals surface area contributed by atoms with Crippen LogP contribution in [-0.4, -0.2) is 44.7 Å². The van der Waals surface area contributed by atoms with Crippen molar-refractivity contribution in [1.82, 2.24) is 15.0 Å². The van der Waals surface area contributed by atoms with Crippen LogP contribution in [0, 0.1) is 0 Å². The molecule has 1 amide bonds. The van der Waals surface area contributed by atoms with Gasteiger partial charge in [0.15, 0.2) is 5.78 Å². The van der Waals surface area contributed by atoms with Crippen molar-refractivity contribution in [2.24, 2.45) is 0 Å². The van der Waals surface area contributed by atoms with Crippen LogP contribution in [0.4, 0.5) is 19.0 Å². The maximum atomic E-state index is 12.9. The van der Waals surface area contributed by atoms with Crippen molar-refractivity contribution >= 4 is 27.5 Å². The third-order valence-electron chi connectivity index (χ3n) is 4.07. The molecule has 0 atom stereocenters. The number of hydrogen-bond donors (Lipinski definition) is 3. The van der Waals surface area contributed by atoms with Crippen LogP contribution in [0.3, 0.4) is 0 Å². The number of nitrogens with one attached hydrogen (secondary N) is 3. The summed E-state index contributed by atoms with van der Waals surface area (Å²) in [5.74, 6) is -1.01. The van der Waals surface area contributed by atoms with Gasteiger partial charge in [-0.3, -0.25) is 9.59 Å². The Balaban J connectivity index is 1.75. The van der Waals surface area contributed by atoms with Crippen LogP contribution in [0.25, 0.3) is 0 Å². The fourth-order valence-electron chi connectivity index (χ4n) is 2.50. The number of alkyl halides is 3. The second-order valence-corrected chi connectivity index (χ2v) is 8.17. The molecule has 2 aromatic rings. The third-order valence-corrected chi connectivity index (χ3v) is 5.54. The number of amides is 1. The molecule has 2 rings (SSSR count). The molecule has 0 aliphatic carbocycles. The molecule has 3 N–H and O–H groups in total. The van der Waals surface area contributed by atoms with Crippen LogP contribution in [0.2, 0.25) is 0 Å². The molecular weight excluding hydrogens is 437 g/mol. The monoisotopic (exact) mass is 458 g/mol. The number of nitrogens with zero attached hydrogens (tertiary/aromatic N) is 1. The first-order valence-corrected chi connectivity index (χ1v) is 10.6. The molecule has 1 aromatic heterocycles. The lowest BCUT2D eigenvalue weighted by Crippen LogP contribution is -2.33. The standard InChI is InChI=1S/C19H21F3N4O4S/c1-13(27)14-4-6-15(7-5-14)31(29,30)26-10-8-17(28)23-11-12-25-18-16(19(20,21)22)3-2-9-24-18/h2-7,9,26H,8,10-12H2,1H3,(H,23,28)(H,24,25). The van der Waals surface area contributed by atoms with E-state index in [4.69, 9.17) is 0 Å². The number of rotatable bonds is 10. The van der Waals surface area contributed by atoms with Crippen molar-refractivity contribution in [2.45, 2.75) is 24.4 Å². The fraction of sp³-hybridized carbons (Fsp3) is 0.316. The molecular formula is C19H21F3N4O4S. The minimum Gasteiger partial charge on any atom is -0.368 e. The number of anilines is 1. The molecule has 31 heavy (non-hydrogen) atoms. The molecule has 0 spiro atoms. The van der Waals surface area contributed by atoms with E-state index >= 15 is 0 Å². The molecule has 0 saturated carbocycles. The predicted octanol–water partition coefficient (Wildman–Crippen LogP) is 2.20. The molecule has 0 aliphatic rings. The van der Waals surface area contributed by atoms with Gasteiger partial charge < -0.3 is 10.6 Å². The zero-order valence-corrected chi connectivity index (χ0v) is 17.3. The van der Waals surface area contributed by atoms with Crippen molar-refractivity contribution in [3.8, 4) is 0 Å². The van der Waals surface area contributed by atoms with Crippen LogP contribution in [-0.2, 0) is 21.0 Å². The summed E-state index contributed by atoms with van der Waals surface area (Å²) in [6.45, 7) is 1.21. The van der Waals surface area contributed by atoms with Gasteiger partial charge in [-0.15, -0.1) is 0 Å². The topological polar surface area (TPSA) is 117 Å². The quantitative estimate of drug-likeness (QED) is 0.371. The summed E-state index contributed by atoms with van der Waals surface area (Å²) in [7, 11) is -3.85. The van der Waals surface area contributed by atoms with Gasteiger partial charge in [0.05, 0.1) is 10.5 Å². The molecule has 0 aliphatic heterocycles. The summed E-state index contributed by atoms with van der Waals surface area (Å²) >= 11 is 0. The number of aromatic nitrogens is 1. The Morgan fingerprint density at radius 2 is 1.71 bits per heavy atom. The second kappa shape index (κ2) is 10.4. The minimum absolute atomic E-state index is 0.0000575. The minimum atomic E-state index is -4.55. The highest BCUT2D eigenvalue weighted by Crippen LogP contribution is 2.33. The van der Waals surface area contributed by atoms with Gasteiger partial charge in [-0.05, 0) is 31.2 Å². The largest absolute Gasteiger partial charge is 0.419 e. The highest BCUT2D eigenvalue weighted by molar-refractivity contribution is 7.89. The van der Waals surface area contributed by atoms with E-state index in [1.165, 1.54) is 43.5 Å². The Morgan fingerprint density at radius 1 is 1.03 bits per heavy atom. The number of hydrogen-bond acceptors (Lipinski definition) is 6. The number of ketones is 1. The van der Waals surface area contributed by atoms with Gasteiger partial charge in [-0.2, -0.15) is 13.2 Å². The highest BCUT2D eigenvalue weighted by atomic mass is 32.2. The predicted molar refractivity (Wildman–Crippen MR) is 107 cm³/mol. The van der Waals surface area contributed by atoms with Crippen LogP contribution in [0.15, 0.2) is 47.5 Å². The summed E-state index contributed by atoms with van der Waals surface area (Å²) in [6, 6.07) is 7.43. The summed E-state index contributed by atoms with van der Waals surface area (Å²) in [5.41, 5.74) is -0.535. The molecule has 0 bridgehead atoms. The lowest BCUT2D eigenvalue weighted by Gasteiger charge is -2.13. The van der Waals surface area contributed by atoms with Gasteiger partial charge in [-0.1, -0.05) is 12.1 Å². The van der Waals surface area contributed by atoms with Crippen LogP contribution in [0.1, 0.15) is 29.3 Å². The van der Waals surface area contributed by atoms with E-state index < -0.39 is 27.7 Å². The Kier molecular flexibility index (Phi) is 8.11. The summed E-state index contributed by atoms with van der Waals surface area (Å²) in [4.78, 5) is 26.7. The van der Waals surface area contributed by atoms with Crippen molar-refractivity contribution in [3.05, 3.63) is 53.7 Å². The summed E-state index contributed by atoms with van der Waals surface area (Å²) < 4.78 is 65.3. The maximum absolute atomic E-state index is 12.9. The van der Waals surface area contributed by atoms with Gasteiger partial charge in [0.25, 0.3) is 0 Å². The van der Waals surface area contributed by atoms with Gasteiger partial charge in [0.1, 0.15) is 5.82 Å². The van der Waals surface area contributed by atoms with Gasteiger partial charge in [-0.25, -0.2) is 18.1 Å². The second-order valence-electron chi connectivity index (χ2n) is 6.40. The number of carbonyl (C=O) groups is 2. The Morgan fingerprint density at radius 3 is 2.32 bits per heavy atom. The van der Waals surface area contributed by atoms with Crippen molar-refractivity contribution in [1.29, 1.82) is 0 Å². The van der Waals surface area contributed by atoms with E-state index in [2.05, 4.69) is 20.3 Å². The molecule has 1 heterocycles. The van der Waals surface area contributed by atoms with Gasteiger partial charge >= 0.3 is 6.18 Å². The van der Waals surface area contributed by atoms with Gasteiger partial charge in [0.2, 0.25) is 15.9 Å². The lowest BCUT2D eigenvalue weighted by molar-refractivity contribution is -0.137. The van der Waals surface area contributed by atoms with Crippen molar-refractivity contribution in [2.75, 3.05) is 25.0 Å². The third kappa shape index (κ3) is 7.33. The normalized spacial score (nSPS) is 11.7. The zero-order valence-electron chi connectivity index (χ0n) is 16.5. The Bertz CT molecular complexity index is 1030. The van der Waals surface area contributed by atoms with Crippen LogP contribution >= 0.6 is 0 Å². The van der Waals surface area contributed by atoms with Crippen molar-refractivity contribution < 1.29 is 31.2 Å². The van der Waals surface area contributed by atoms with E-state index in [0.717, 1.165) is 6.07 Å². The molecule has 12 heteroatoms. The number of carbonyl (C=O) groups excluding carboxylic acids is 2. The SMILES string of the molecule is CC(=O)c1ccc(S(=O)(=O)NCCC(=O)NCCNc2ncccc2C(F)(F)F)cc1. The molecule has 0 unspecified atom stereocenters. The molecule has 0 radical (unpaired) electrons. The number of sulfonamides is 1. The first-order valence-electron chi connectivity index (χ1n) is 9.14. The molecule has 0 saturated heterocycles. The summed E-state index contributed by atoms with van der Waals surface area (Å²) in [5, 5.41) is 4.98. The molecule has 168 valence electrons. The number of benzene rings is 1. The summed E-state index contributed by atoms with van der Waals surface area (Å²) in [6.07, 6.45) is -3.50. The van der Waals surface area contributed by atoms with E-state index in [1.54, 1.807) is 0 Å². The number of halogens is 3. The van der Waals surface area contributed by atoms with E-state index in [9.17, 15) is 31.2 Å². The zero-order chi connectivity index (χ0) is 23.1. The van der Waals surface area contributed by atoms with Crippen molar-refractivity contribution in [3.63, 3.8) is 0 Å². The average molecular weight is 458 g/mol. The molecule has 0 fully saturated rings. The Labute approximate surface area is 177 Å². The smallest absolute Gasteiger partial charge is 0.368 e. The Hall–Kier alpha value is -2.99. The van der Waals surface area contributed by atoms with Gasteiger partial charge in [0, 0.05) is 37.8 Å². The number of pyridine rings is 1. The van der Waals surface area contributed by atoms with E-state index in [0.29, 0.717) is 5.56 Å². The fourth-order valence-corrected chi connectivity index (χ4v) is 3.53.